The fourth-order valence-electron chi connectivity index (χ4n) is 1.91. The van der Waals surface area contributed by atoms with Crippen molar-refractivity contribution in [2.45, 2.75) is 13.3 Å². The van der Waals surface area contributed by atoms with E-state index in [0.717, 1.165) is 28.6 Å². The second-order valence-electron chi connectivity index (χ2n) is 3.97. The van der Waals surface area contributed by atoms with E-state index in [1.54, 1.807) is 0 Å². The highest BCUT2D eigenvalue weighted by Crippen LogP contribution is 2.25. The number of aryl methyl sites for hydroxylation is 1. The molecule has 0 aliphatic heterocycles. The SMILES string of the molecule is C=C(CCN)c1cc(C)nc2ccccc12. The van der Waals surface area contributed by atoms with Crippen molar-refractivity contribution in [3.05, 3.63) is 48.2 Å². The van der Waals surface area contributed by atoms with Crippen molar-refractivity contribution in [1.29, 1.82) is 0 Å². The summed E-state index contributed by atoms with van der Waals surface area (Å²) in [5.74, 6) is 0. The summed E-state index contributed by atoms with van der Waals surface area (Å²) in [6, 6.07) is 10.2. The van der Waals surface area contributed by atoms with E-state index in [-0.39, 0.29) is 0 Å². The molecule has 0 unspecified atom stereocenters. The Labute approximate surface area is 95.8 Å². The van der Waals surface area contributed by atoms with Crippen LogP contribution in [0.3, 0.4) is 0 Å². The predicted molar refractivity (Wildman–Crippen MR) is 69.2 cm³/mol. The molecule has 16 heavy (non-hydrogen) atoms. The third-order valence-corrected chi connectivity index (χ3v) is 2.67. The summed E-state index contributed by atoms with van der Waals surface area (Å²) in [7, 11) is 0. The zero-order valence-electron chi connectivity index (χ0n) is 9.53. The van der Waals surface area contributed by atoms with Gasteiger partial charge in [0.05, 0.1) is 5.52 Å². The largest absolute Gasteiger partial charge is 0.330 e. The van der Waals surface area contributed by atoms with Crippen LogP contribution in [0.25, 0.3) is 16.5 Å². The summed E-state index contributed by atoms with van der Waals surface area (Å²) >= 11 is 0. The van der Waals surface area contributed by atoms with Gasteiger partial charge < -0.3 is 5.73 Å². The molecule has 0 bridgehead atoms. The molecule has 1 heterocycles. The third-order valence-electron chi connectivity index (χ3n) is 2.67. The summed E-state index contributed by atoms with van der Waals surface area (Å²) in [4.78, 5) is 4.51. The van der Waals surface area contributed by atoms with Gasteiger partial charge in [0.25, 0.3) is 0 Å². The predicted octanol–water partition coefficient (Wildman–Crippen LogP) is 2.91. The number of aromatic nitrogens is 1. The van der Waals surface area contributed by atoms with Gasteiger partial charge in [-0.3, -0.25) is 4.98 Å². The molecule has 0 atom stereocenters. The lowest BCUT2D eigenvalue weighted by Crippen LogP contribution is -2.00. The van der Waals surface area contributed by atoms with Crippen molar-refractivity contribution in [3.63, 3.8) is 0 Å². The fourth-order valence-corrected chi connectivity index (χ4v) is 1.91. The van der Waals surface area contributed by atoms with Crippen LogP contribution < -0.4 is 5.73 Å². The average Bonchev–Trinajstić information content (AvgIpc) is 2.28. The van der Waals surface area contributed by atoms with Crippen molar-refractivity contribution >= 4 is 16.5 Å². The zero-order valence-corrected chi connectivity index (χ0v) is 9.53. The number of para-hydroxylation sites is 1. The first-order valence-electron chi connectivity index (χ1n) is 5.47. The lowest BCUT2D eigenvalue weighted by atomic mass is 9.99. The zero-order chi connectivity index (χ0) is 11.5. The molecule has 0 aliphatic rings. The lowest BCUT2D eigenvalue weighted by Gasteiger charge is -2.09. The summed E-state index contributed by atoms with van der Waals surface area (Å²) in [5.41, 5.74) is 9.88. The molecule has 0 amide bonds. The molecule has 0 fully saturated rings. The Balaban J connectivity index is 2.63. The molecule has 82 valence electrons. The molecular formula is C14H16N2. The van der Waals surface area contributed by atoms with Crippen LogP contribution in [-0.2, 0) is 0 Å². The minimum atomic E-state index is 0.633. The molecule has 1 aromatic heterocycles. The molecule has 0 aliphatic carbocycles. The van der Waals surface area contributed by atoms with E-state index in [1.165, 1.54) is 5.56 Å². The van der Waals surface area contributed by atoms with Gasteiger partial charge in [-0.25, -0.2) is 0 Å². The van der Waals surface area contributed by atoms with Crippen molar-refractivity contribution < 1.29 is 0 Å². The molecule has 2 rings (SSSR count). The van der Waals surface area contributed by atoms with E-state index in [2.05, 4.69) is 23.7 Å². The van der Waals surface area contributed by atoms with Crippen molar-refractivity contribution in [2.75, 3.05) is 6.54 Å². The van der Waals surface area contributed by atoms with Crippen molar-refractivity contribution in [1.82, 2.24) is 4.98 Å². The van der Waals surface area contributed by atoms with E-state index in [4.69, 9.17) is 5.73 Å². The number of nitrogens with two attached hydrogens (primary N) is 1. The van der Waals surface area contributed by atoms with Gasteiger partial charge >= 0.3 is 0 Å². The normalized spacial score (nSPS) is 10.6. The second kappa shape index (κ2) is 4.45. The molecule has 2 nitrogen and oxygen atoms in total. The number of rotatable bonds is 3. The van der Waals surface area contributed by atoms with Gasteiger partial charge in [0.2, 0.25) is 0 Å². The highest BCUT2D eigenvalue weighted by molar-refractivity contribution is 5.91. The number of nitrogens with zero attached hydrogens (tertiary/aromatic N) is 1. The lowest BCUT2D eigenvalue weighted by molar-refractivity contribution is 1.02. The van der Waals surface area contributed by atoms with Crippen molar-refractivity contribution in [2.24, 2.45) is 5.73 Å². The van der Waals surface area contributed by atoms with Crippen LogP contribution in [0.5, 0.6) is 0 Å². The van der Waals surface area contributed by atoms with Crippen LogP contribution in [-0.4, -0.2) is 11.5 Å². The minimum absolute atomic E-state index is 0.633. The quantitative estimate of drug-likeness (QED) is 0.849. The van der Waals surface area contributed by atoms with Crippen molar-refractivity contribution in [3.8, 4) is 0 Å². The summed E-state index contributed by atoms with van der Waals surface area (Å²) in [5, 5.41) is 1.16. The molecule has 0 saturated carbocycles. The van der Waals surface area contributed by atoms with E-state index in [1.807, 2.05) is 25.1 Å². The Morgan fingerprint density at radius 2 is 2.12 bits per heavy atom. The molecule has 2 N–H and O–H groups in total. The second-order valence-corrected chi connectivity index (χ2v) is 3.97. The van der Waals surface area contributed by atoms with Gasteiger partial charge in [0.1, 0.15) is 0 Å². The average molecular weight is 212 g/mol. The van der Waals surface area contributed by atoms with Crippen LogP contribution in [0.15, 0.2) is 36.9 Å². The maximum Gasteiger partial charge on any atom is 0.0711 e. The van der Waals surface area contributed by atoms with E-state index in [0.29, 0.717) is 6.54 Å². The third kappa shape index (κ3) is 1.97. The molecular weight excluding hydrogens is 196 g/mol. The topological polar surface area (TPSA) is 38.9 Å². The Morgan fingerprint density at radius 3 is 2.88 bits per heavy atom. The van der Waals surface area contributed by atoms with E-state index >= 15 is 0 Å². The van der Waals surface area contributed by atoms with Crippen LogP contribution >= 0.6 is 0 Å². The molecule has 2 heteroatoms. The Hall–Kier alpha value is -1.67. The Morgan fingerprint density at radius 1 is 1.38 bits per heavy atom. The first-order valence-corrected chi connectivity index (χ1v) is 5.47. The Bertz CT molecular complexity index is 529. The highest BCUT2D eigenvalue weighted by Gasteiger charge is 2.05. The van der Waals surface area contributed by atoms with Gasteiger partial charge in [0, 0.05) is 11.1 Å². The van der Waals surface area contributed by atoms with Gasteiger partial charge in [-0.2, -0.15) is 0 Å². The molecule has 2 aromatic rings. The molecule has 1 aromatic carbocycles. The fraction of sp³-hybridized carbons (Fsp3) is 0.214. The molecule has 0 spiro atoms. The summed E-state index contributed by atoms with van der Waals surface area (Å²) in [6.45, 7) is 6.74. The van der Waals surface area contributed by atoms with Crippen LogP contribution in [0, 0.1) is 6.92 Å². The van der Waals surface area contributed by atoms with Crippen LogP contribution in [0.4, 0.5) is 0 Å². The van der Waals surface area contributed by atoms with Gasteiger partial charge in [-0.15, -0.1) is 0 Å². The maximum atomic E-state index is 5.57. The number of benzene rings is 1. The first kappa shape index (κ1) is 10.8. The summed E-state index contributed by atoms with van der Waals surface area (Å²) < 4.78 is 0. The smallest absolute Gasteiger partial charge is 0.0711 e. The minimum Gasteiger partial charge on any atom is -0.330 e. The number of hydrogen-bond donors (Lipinski definition) is 1. The molecule has 0 radical (unpaired) electrons. The van der Waals surface area contributed by atoms with Gasteiger partial charge in [-0.1, -0.05) is 24.8 Å². The van der Waals surface area contributed by atoms with Crippen LogP contribution in [0.1, 0.15) is 17.7 Å². The maximum absolute atomic E-state index is 5.57. The van der Waals surface area contributed by atoms with E-state index < -0.39 is 0 Å². The van der Waals surface area contributed by atoms with Crippen LogP contribution in [0.2, 0.25) is 0 Å². The number of hydrogen-bond acceptors (Lipinski definition) is 2. The van der Waals surface area contributed by atoms with Gasteiger partial charge in [0.15, 0.2) is 0 Å². The molecule has 0 saturated heterocycles. The van der Waals surface area contributed by atoms with Gasteiger partial charge in [-0.05, 0) is 43.2 Å². The highest BCUT2D eigenvalue weighted by atomic mass is 14.7. The number of fused-ring (bicyclic) bond motifs is 1. The standard InChI is InChI=1S/C14H16N2/c1-10(7-8-15)13-9-11(2)16-14-6-4-3-5-12(13)14/h3-6,9H,1,7-8,15H2,2H3. The van der Waals surface area contributed by atoms with E-state index in [9.17, 15) is 0 Å². The Kier molecular flexibility index (Phi) is 3.02. The summed E-state index contributed by atoms with van der Waals surface area (Å²) in [6.07, 6.45) is 0.827. The monoisotopic (exact) mass is 212 g/mol. The number of pyridine rings is 1. The first-order chi connectivity index (χ1) is 7.72.